The van der Waals surface area contributed by atoms with Crippen molar-refractivity contribution in [2.75, 3.05) is 26.7 Å². The van der Waals surface area contributed by atoms with Gasteiger partial charge in [0.1, 0.15) is 5.82 Å². The Kier molecular flexibility index (Phi) is 3.80. The summed E-state index contributed by atoms with van der Waals surface area (Å²) in [4.78, 5) is 4.94. The Morgan fingerprint density at radius 3 is 3.05 bits per heavy atom. The van der Waals surface area contributed by atoms with Gasteiger partial charge in [-0.1, -0.05) is 12.1 Å². The third-order valence-electron chi connectivity index (χ3n) is 5.24. The van der Waals surface area contributed by atoms with Crippen LogP contribution in [0.1, 0.15) is 24.8 Å². The summed E-state index contributed by atoms with van der Waals surface area (Å²) >= 11 is 0. The summed E-state index contributed by atoms with van der Waals surface area (Å²) in [5.41, 5.74) is 7.25. The van der Waals surface area contributed by atoms with E-state index in [9.17, 15) is 4.39 Å². The van der Waals surface area contributed by atoms with Gasteiger partial charge < -0.3 is 5.73 Å². The molecule has 0 amide bonds. The van der Waals surface area contributed by atoms with Crippen LogP contribution in [0, 0.1) is 5.82 Å². The second-order valence-electron chi connectivity index (χ2n) is 6.24. The van der Waals surface area contributed by atoms with E-state index < -0.39 is 0 Å². The summed E-state index contributed by atoms with van der Waals surface area (Å²) in [5.74, 6) is -0.161. The molecule has 0 radical (unpaired) electrons. The lowest BCUT2D eigenvalue weighted by Crippen LogP contribution is -2.58. The van der Waals surface area contributed by atoms with Gasteiger partial charge in [-0.3, -0.25) is 9.80 Å². The first-order chi connectivity index (χ1) is 9.65. The first-order valence-electron chi connectivity index (χ1n) is 7.55. The molecule has 2 N–H and O–H groups in total. The Balaban J connectivity index is 1.79. The van der Waals surface area contributed by atoms with E-state index in [0.717, 1.165) is 25.1 Å². The first kappa shape index (κ1) is 14.0. The second kappa shape index (κ2) is 5.43. The lowest BCUT2D eigenvalue weighted by Gasteiger charge is -2.42. The summed E-state index contributed by atoms with van der Waals surface area (Å²) in [6.45, 7) is 3.80. The standard InChI is InChI=1S/C16H24FN3/c1-19(11-13-4-2-5-14(17)10-13)16(12-18)7-9-20-8-3-6-15(16)20/h2,4-5,10,15H,3,6-9,11-12,18H2,1H3. The Bertz CT molecular complexity index is 479. The number of rotatable bonds is 4. The maximum absolute atomic E-state index is 13.3. The molecule has 1 aromatic carbocycles. The van der Waals surface area contributed by atoms with Gasteiger partial charge in [-0.25, -0.2) is 4.39 Å². The van der Waals surface area contributed by atoms with Gasteiger partial charge in [-0.05, 0) is 50.6 Å². The molecule has 0 aromatic heterocycles. The van der Waals surface area contributed by atoms with Gasteiger partial charge in [-0.2, -0.15) is 0 Å². The zero-order valence-corrected chi connectivity index (χ0v) is 12.2. The van der Waals surface area contributed by atoms with Crippen molar-refractivity contribution >= 4 is 0 Å². The molecule has 1 aromatic rings. The molecule has 3 rings (SSSR count). The van der Waals surface area contributed by atoms with E-state index in [1.54, 1.807) is 12.1 Å². The smallest absolute Gasteiger partial charge is 0.123 e. The minimum absolute atomic E-state index is 0.0584. The molecule has 4 heteroatoms. The Hall–Kier alpha value is -0.970. The van der Waals surface area contributed by atoms with E-state index in [0.29, 0.717) is 12.6 Å². The average Bonchev–Trinajstić information content (AvgIpc) is 3.00. The number of hydrogen-bond donors (Lipinski definition) is 1. The number of hydrogen-bond acceptors (Lipinski definition) is 3. The Morgan fingerprint density at radius 1 is 1.45 bits per heavy atom. The summed E-state index contributed by atoms with van der Waals surface area (Å²) in [6, 6.07) is 7.47. The van der Waals surface area contributed by atoms with Gasteiger partial charge in [0.05, 0.1) is 0 Å². The third-order valence-corrected chi connectivity index (χ3v) is 5.24. The lowest BCUT2D eigenvalue weighted by molar-refractivity contribution is 0.0840. The van der Waals surface area contributed by atoms with E-state index in [2.05, 4.69) is 16.8 Å². The molecule has 2 aliphatic heterocycles. The number of fused-ring (bicyclic) bond motifs is 1. The quantitative estimate of drug-likeness (QED) is 0.911. The van der Waals surface area contributed by atoms with Crippen molar-refractivity contribution in [1.82, 2.24) is 9.80 Å². The van der Waals surface area contributed by atoms with Crippen molar-refractivity contribution < 1.29 is 4.39 Å². The van der Waals surface area contributed by atoms with Gasteiger partial charge in [0.2, 0.25) is 0 Å². The molecule has 0 saturated carbocycles. The number of benzene rings is 1. The van der Waals surface area contributed by atoms with Crippen molar-refractivity contribution in [3.05, 3.63) is 35.6 Å². The van der Waals surface area contributed by atoms with Gasteiger partial charge in [-0.15, -0.1) is 0 Å². The molecule has 2 atom stereocenters. The number of nitrogens with two attached hydrogens (primary N) is 1. The molecule has 0 spiro atoms. The molecule has 3 nitrogen and oxygen atoms in total. The largest absolute Gasteiger partial charge is 0.329 e. The molecule has 0 bridgehead atoms. The van der Waals surface area contributed by atoms with Crippen LogP contribution in [-0.2, 0) is 6.54 Å². The van der Waals surface area contributed by atoms with Crippen LogP contribution in [0.4, 0.5) is 4.39 Å². The molecule has 20 heavy (non-hydrogen) atoms. The zero-order chi connectivity index (χ0) is 14.2. The van der Waals surface area contributed by atoms with Gasteiger partial charge in [0, 0.05) is 31.2 Å². The number of nitrogens with zero attached hydrogens (tertiary/aromatic N) is 2. The minimum atomic E-state index is -0.161. The van der Waals surface area contributed by atoms with E-state index in [1.807, 2.05) is 6.07 Å². The van der Waals surface area contributed by atoms with E-state index in [1.165, 1.54) is 25.5 Å². The third kappa shape index (κ3) is 2.26. The van der Waals surface area contributed by atoms with E-state index >= 15 is 0 Å². The van der Waals surface area contributed by atoms with Crippen molar-refractivity contribution in [2.24, 2.45) is 5.73 Å². The van der Waals surface area contributed by atoms with Crippen LogP contribution in [0.5, 0.6) is 0 Å². The molecule has 2 unspecified atom stereocenters. The van der Waals surface area contributed by atoms with Crippen LogP contribution in [0.25, 0.3) is 0 Å². The second-order valence-corrected chi connectivity index (χ2v) is 6.24. The maximum Gasteiger partial charge on any atom is 0.123 e. The molecule has 0 aliphatic carbocycles. The van der Waals surface area contributed by atoms with E-state index in [4.69, 9.17) is 5.73 Å². The molecule has 2 aliphatic rings. The van der Waals surface area contributed by atoms with E-state index in [-0.39, 0.29) is 11.4 Å². The summed E-state index contributed by atoms with van der Waals surface area (Å²) < 4.78 is 13.3. The molecular formula is C16H24FN3. The highest BCUT2D eigenvalue weighted by Crippen LogP contribution is 2.39. The maximum atomic E-state index is 13.3. The highest BCUT2D eigenvalue weighted by molar-refractivity contribution is 5.18. The highest BCUT2D eigenvalue weighted by atomic mass is 19.1. The highest BCUT2D eigenvalue weighted by Gasteiger charge is 2.50. The van der Waals surface area contributed by atoms with Crippen molar-refractivity contribution in [3.8, 4) is 0 Å². The van der Waals surface area contributed by atoms with Crippen LogP contribution < -0.4 is 5.73 Å². The van der Waals surface area contributed by atoms with Crippen molar-refractivity contribution in [2.45, 2.75) is 37.4 Å². The molecule has 110 valence electrons. The monoisotopic (exact) mass is 277 g/mol. The van der Waals surface area contributed by atoms with Crippen LogP contribution in [0.3, 0.4) is 0 Å². The van der Waals surface area contributed by atoms with Crippen LogP contribution in [-0.4, -0.2) is 48.1 Å². The van der Waals surface area contributed by atoms with Gasteiger partial charge in [0.25, 0.3) is 0 Å². The predicted octanol–water partition coefficient (Wildman–Crippen LogP) is 1.82. The minimum Gasteiger partial charge on any atom is -0.329 e. The number of halogens is 1. The van der Waals surface area contributed by atoms with Gasteiger partial charge in [0.15, 0.2) is 0 Å². The van der Waals surface area contributed by atoms with Crippen molar-refractivity contribution in [1.29, 1.82) is 0 Å². The van der Waals surface area contributed by atoms with Crippen LogP contribution in [0.15, 0.2) is 24.3 Å². The van der Waals surface area contributed by atoms with Crippen LogP contribution in [0.2, 0.25) is 0 Å². The number of likely N-dealkylation sites (N-methyl/N-ethyl adjacent to an activating group) is 1. The fourth-order valence-corrected chi connectivity index (χ4v) is 4.11. The fourth-order valence-electron chi connectivity index (χ4n) is 4.11. The van der Waals surface area contributed by atoms with Crippen LogP contribution >= 0.6 is 0 Å². The molecular weight excluding hydrogens is 253 g/mol. The Morgan fingerprint density at radius 2 is 2.30 bits per heavy atom. The molecule has 2 saturated heterocycles. The summed E-state index contributed by atoms with van der Waals surface area (Å²) in [5, 5.41) is 0. The van der Waals surface area contributed by atoms with Gasteiger partial charge >= 0.3 is 0 Å². The first-order valence-corrected chi connectivity index (χ1v) is 7.55. The fraction of sp³-hybridized carbons (Fsp3) is 0.625. The van der Waals surface area contributed by atoms with Crippen molar-refractivity contribution in [3.63, 3.8) is 0 Å². The Labute approximate surface area is 120 Å². The zero-order valence-electron chi connectivity index (χ0n) is 12.2. The SMILES string of the molecule is CN(Cc1cccc(F)c1)C1(CN)CCN2CCCC21. The molecule has 2 fully saturated rings. The molecule has 2 heterocycles. The average molecular weight is 277 g/mol. The summed E-state index contributed by atoms with van der Waals surface area (Å²) in [7, 11) is 2.14. The normalized spacial score (nSPS) is 30.1. The predicted molar refractivity (Wildman–Crippen MR) is 78.9 cm³/mol. The lowest BCUT2D eigenvalue weighted by atomic mass is 9.86. The topological polar surface area (TPSA) is 32.5 Å². The summed E-state index contributed by atoms with van der Waals surface area (Å²) in [6.07, 6.45) is 3.64.